The molecule has 0 atom stereocenters. The Bertz CT molecular complexity index is 490. The molecule has 2 aromatic rings. The van der Waals surface area contributed by atoms with E-state index in [9.17, 15) is 0 Å². The Morgan fingerprint density at radius 3 is 2.68 bits per heavy atom. The lowest BCUT2D eigenvalue weighted by molar-refractivity contribution is 0.281. The minimum Gasteiger partial charge on any atom is -0.460 e. The summed E-state index contributed by atoms with van der Waals surface area (Å²) in [7, 11) is 0. The molecule has 1 saturated carbocycles. The number of furan rings is 1. The van der Waals surface area contributed by atoms with Crippen LogP contribution in [0.1, 0.15) is 44.8 Å². The SMILES string of the molecule is CCC1CCC(NCc2cc3ccccc3o2)CC1. The molecule has 1 aromatic heterocycles. The third-order valence-electron chi connectivity index (χ3n) is 4.47. The van der Waals surface area contributed by atoms with E-state index < -0.39 is 0 Å². The average molecular weight is 257 g/mol. The molecule has 0 aliphatic heterocycles. The van der Waals surface area contributed by atoms with Crippen molar-refractivity contribution in [3.63, 3.8) is 0 Å². The highest BCUT2D eigenvalue weighted by molar-refractivity contribution is 5.77. The van der Waals surface area contributed by atoms with Crippen LogP contribution in [0.3, 0.4) is 0 Å². The molecule has 0 amide bonds. The van der Waals surface area contributed by atoms with Crippen LogP contribution in [0.5, 0.6) is 0 Å². The summed E-state index contributed by atoms with van der Waals surface area (Å²) in [6.45, 7) is 3.17. The molecule has 1 heterocycles. The fraction of sp³-hybridized carbons (Fsp3) is 0.529. The van der Waals surface area contributed by atoms with Crippen molar-refractivity contribution in [3.8, 4) is 0 Å². The molecular formula is C17H23NO. The summed E-state index contributed by atoms with van der Waals surface area (Å²) in [6, 6.07) is 11.0. The van der Waals surface area contributed by atoms with E-state index >= 15 is 0 Å². The Hall–Kier alpha value is -1.28. The Morgan fingerprint density at radius 1 is 1.16 bits per heavy atom. The van der Waals surface area contributed by atoms with Gasteiger partial charge in [-0.25, -0.2) is 0 Å². The van der Waals surface area contributed by atoms with Crippen molar-refractivity contribution in [2.24, 2.45) is 5.92 Å². The lowest BCUT2D eigenvalue weighted by atomic mass is 9.84. The first kappa shape index (κ1) is 12.7. The lowest BCUT2D eigenvalue weighted by Crippen LogP contribution is -2.32. The van der Waals surface area contributed by atoms with Gasteiger partial charge in [-0.05, 0) is 43.7 Å². The molecule has 1 aromatic carbocycles. The maximum atomic E-state index is 5.84. The van der Waals surface area contributed by atoms with Crippen LogP contribution < -0.4 is 5.32 Å². The molecule has 3 rings (SSSR count). The monoisotopic (exact) mass is 257 g/mol. The van der Waals surface area contributed by atoms with Crippen LogP contribution >= 0.6 is 0 Å². The molecule has 1 fully saturated rings. The van der Waals surface area contributed by atoms with E-state index in [-0.39, 0.29) is 0 Å². The molecule has 1 aliphatic rings. The summed E-state index contributed by atoms with van der Waals surface area (Å²) >= 11 is 0. The Labute approximate surface area is 115 Å². The van der Waals surface area contributed by atoms with Crippen LogP contribution in [-0.4, -0.2) is 6.04 Å². The quantitative estimate of drug-likeness (QED) is 0.873. The van der Waals surface area contributed by atoms with E-state index in [2.05, 4.69) is 30.4 Å². The number of para-hydroxylation sites is 1. The van der Waals surface area contributed by atoms with E-state index in [0.717, 1.165) is 23.8 Å². The van der Waals surface area contributed by atoms with Crippen LogP contribution in [0, 0.1) is 5.92 Å². The van der Waals surface area contributed by atoms with Crippen LogP contribution in [0.4, 0.5) is 0 Å². The first-order chi connectivity index (χ1) is 9.35. The van der Waals surface area contributed by atoms with E-state index in [0.29, 0.717) is 6.04 Å². The van der Waals surface area contributed by atoms with Gasteiger partial charge in [-0.2, -0.15) is 0 Å². The largest absolute Gasteiger partial charge is 0.460 e. The average Bonchev–Trinajstić information content (AvgIpc) is 2.88. The van der Waals surface area contributed by atoms with Gasteiger partial charge in [-0.3, -0.25) is 0 Å². The Balaban J connectivity index is 1.55. The molecule has 0 bridgehead atoms. The van der Waals surface area contributed by atoms with Crippen molar-refractivity contribution < 1.29 is 4.42 Å². The second-order valence-corrected chi connectivity index (χ2v) is 5.76. The van der Waals surface area contributed by atoms with Gasteiger partial charge < -0.3 is 9.73 Å². The number of nitrogens with one attached hydrogen (secondary N) is 1. The van der Waals surface area contributed by atoms with Crippen molar-refractivity contribution >= 4 is 11.0 Å². The van der Waals surface area contributed by atoms with Gasteiger partial charge in [0.25, 0.3) is 0 Å². The molecule has 2 nitrogen and oxygen atoms in total. The van der Waals surface area contributed by atoms with Gasteiger partial charge in [0, 0.05) is 11.4 Å². The zero-order chi connectivity index (χ0) is 13.1. The first-order valence-corrected chi connectivity index (χ1v) is 7.56. The van der Waals surface area contributed by atoms with Gasteiger partial charge in [0.2, 0.25) is 0 Å². The van der Waals surface area contributed by atoms with Crippen molar-refractivity contribution in [3.05, 3.63) is 36.1 Å². The van der Waals surface area contributed by atoms with Gasteiger partial charge in [0.15, 0.2) is 0 Å². The smallest absolute Gasteiger partial charge is 0.134 e. The fourth-order valence-corrected chi connectivity index (χ4v) is 3.14. The summed E-state index contributed by atoms with van der Waals surface area (Å²) in [6.07, 6.45) is 6.75. The van der Waals surface area contributed by atoms with Crippen molar-refractivity contribution in [2.75, 3.05) is 0 Å². The highest BCUT2D eigenvalue weighted by atomic mass is 16.3. The maximum absolute atomic E-state index is 5.84. The van der Waals surface area contributed by atoms with E-state index in [1.54, 1.807) is 0 Å². The molecule has 102 valence electrons. The first-order valence-electron chi connectivity index (χ1n) is 7.56. The molecule has 0 unspecified atom stereocenters. The normalized spacial score (nSPS) is 23.8. The maximum Gasteiger partial charge on any atom is 0.134 e. The number of rotatable bonds is 4. The number of benzene rings is 1. The second-order valence-electron chi connectivity index (χ2n) is 5.76. The van der Waals surface area contributed by atoms with Gasteiger partial charge in [0.05, 0.1) is 6.54 Å². The summed E-state index contributed by atoms with van der Waals surface area (Å²) in [4.78, 5) is 0. The molecule has 2 heteroatoms. The summed E-state index contributed by atoms with van der Waals surface area (Å²) in [5, 5.41) is 4.85. The molecule has 0 spiro atoms. The number of hydrogen-bond acceptors (Lipinski definition) is 2. The number of hydrogen-bond donors (Lipinski definition) is 1. The summed E-state index contributed by atoms with van der Waals surface area (Å²) in [5.74, 6) is 2.02. The minimum absolute atomic E-state index is 0.677. The molecule has 1 aliphatic carbocycles. The van der Waals surface area contributed by atoms with E-state index in [1.807, 2.05) is 12.1 Å². The standard InChI is InChI=1S/C17H23NO/c1-2-13-7-9-15(10-8-13)18-12-16-11-14-5-3-4-6-17(14)19-16/h3-6,11,13,15,18H,2,7-10,12H2,1H3. The van der Waals surface area contributed by atoms with Crippen molar-refractivity contribution in [2.45, 2.75) is 51.6 Å². The van der Waals surface area contributed by atoms with Crippen LogP contribution in [-0.2, 0) is 6.54 Å². The van der Waals surface area contributed by atoms with E-state index in [1.165, 1.54) is 37.5 Å². The third kappa shape index (κ3) is 3.01. The summed E-state index contributed by atoms with van der Waals surface area (Å²) < 4.78 is 5.84. The predicted molar refractivity (Wildman–Crippen MR) is 79.1 cm³/mol. The zero-order valence-corrected chi connectivity index (χ0v) is 11.7. The fourth-order valence-electron chi connectivity index (χ4n) is 3.14. The topological polar surface area (TPSA) is 25.2 Å². The summed E-state index contributed by atoms with van der Waals surface area (Å²) in [5.41, 5.74) is 0.994. The third-order valence-corrected chi connectivity index (χ3v) is 4.47. The molecule has 1 N–H and O–H groups in total. The Morgan fingerprint density at radius 2 is 1.95 bits per heavy atom. The Kier molecular flexibility index (Phi) is 3.88. The minimum atomic E-state index is 0.677. The lowest BCUT2D eigenvalue weighted by Gasteiger charge is -2.28. The van der Waals surface area contributed by atoms with Crippen LogP contribution in [0.2, 0.25) is 0 Å². The number of fused-ring (bicyclic) bond motifs is 1. The van der Waals surface area contributed by atoms with Gasteiger partial charge in [0.1, 0.15) is 11.3 Å². The molecule has 19 heavy (non-hydrogen) atoms. The second kappa shape index (κ2) is 5.79. The van der Waals surface area contributed by atoms with E-state index in [4.69, 9.17) is 4.42 Å². The molecule has 0 radical (unpaired) electrons. The predicted octanol–water partition coefficient (Wildman–Crippen LogP) is 4.49. The van der Waals surface area contributed by atoms with Crippen LogP contribution in [0.15, 0.2) is 34.7 Å². The zero-order valence-electron chi connectivity index (χ0n) is 11.7. The molecule has 0 saturated heterocycles. The van der Waals surface area contributed by atoms with Gasteiger partial charge in [-0.1, -0.05) is 31.5 Å². The molecular weight excluding hydrogens is 234 g/mol. The van der Waals surface area contributed by atoms with Gasteiger partial charge >= 0.3 is 0 Å². The van der Waals surface area contributed by atoms with Crippen molar-refractivity contribution in [1.82, 2.24) is 5.32 Å². The van der Waals surface area contributed by atoms with Crippen LogP contribution in [0.25, 0.3) is 11.0 Å². The van der Waals surface area contributed by atoms with Crippen molar-refractivity contribution in [1.29, 1.82) is 0 Å². The highest BCUT2D eigenvalue weighted by Gasteiger charge is 2.19. The highest BCUT2D eigenvalue weighted by Crippen LogP contribution is 2.27. The van der Waals surface area contributed by atoms with Gasteiger partial charge in [-0.15, -0.1) is 0 Å².